The Morgan fingerprint density at radius 1 is 1.30 bits per heavy atom. The van der Waals surface area contributed by atoms with E-state index in [0.717, 1.165) is 24.4 Å². The normalized spacial score (nSPS) is 16.7. The molecule has 0 amide bonds. The van der Waals surface area contributed by atoms with E-state index in [1.54, 1.807) is 0 Å². The Bertz CT molecular complexity index is 385. The number of carbonyl (C=O) groups excluding carboxylic acids is 1. The van der Waals surface area contributed by atoms with Gasteiger partial charge in [0.1, 0.15) is 0 Å². The number of carbonyl (C=O) groups is 1. The molecule has 1 heterocycles. The lowest BCUT2D eigenvalue weighted by molar-refractivity contribution is 0.0955. The summed E-state index contributed by atoms with van der Waals surface area (Å²) in [5.41, 5.74) is 0. The monoisotopic (exact) mass is 295 g/mol. The molecule has 1 aliphatic rings. The largest absolute Gasteiger partial charge is 0.395 e. The molecular formula is C16H25NO2S. The van der Waals surface area contributed by atoms with Crippen molar-refractivity contribution in [2.24, 2.45) is 0 Å². The van der Waals surface area contributed by atoms with E-state index >= 15 is 0 Å². The molecule has 1 aromatic rings. The van der Waals surface area contributed by atoms with Crippen LogP contribution in [0.5, 0.6) is 0 Å². The lowest BCUT2D eigenvalue weighted by Crippen LogP contribution is -2.39. The highest BCUT2D eigenvalue weighted by Crippen LogP contribution is 2.23. The maximum Gasteiger partial charge on any atom is 0.172 e. The van der Waals surface area contributed by atoms with Crippen LogP contribution < -0.4 is 0 Å². The van der Waals surface area contributed by atoms with Crippen molar-refractivity contribution in [3.63, 3.8) is 0 Å². The van der Waals surface area contributed by atoms with Gasteiger partial charge in [0.05, 0.1) is 11.5 Å². The Hall–Kier alpha value is -0.710. The zero-order valence-corrected chi connectivity index (χ0v) is 12.9. The molecule has 1 N–H and O–H groups in total. The van der Waals surface area contributed by atoms with Crippen LogP contribution in [0.3, 0.4) is 0 Å². The molecule has 0 aromatic carbocycles. The van der Waals surface area contributed by atoms with Crippen LogP contribution in [-0.4, -0.2) is 41.5 Å². The SMILES string of the molecule is O=C(CCCN(CCO)C1CCCCC1)c1cccs1. The van der Waals surface area contributed by atoms with Crippen molar-refractivity contribution in [3.8, 4) is 0 Å². The summed E-state index contributed by atoms with van der Waals surface area (Å²) >= 11 is 1.53. The van der Waals surface area contributed by atoms with Gasteiger partial charge >= 0.3 is 0 Å². The van der Waals surface area contributed by atoms with Crippen LogP contribution in [0.15, 0.2) is 17.5 Å². The summed E-state index contributed by atoms with van der Waals surface area (Å²) in [6.07, 6.45) is 7.97. The first kappa shape index (κ1) is 15.7. The molecule has 20 heavy (non-hydrogen) atoms. The molecule has 2 rings (SSSR count). The maximum absolute atomic E-state index is 12.0. The third kappa shape index (κ3) is 4.69. The highest BCUT2D eigenvalue weighted by molar-refractivity contribution is 7.12. The van der Waals surface area contributed by atoms with Crippen LogP contribution in [0.4, 0.5) is 0 Å². The number of aliphatic hydroxyl groups is 1. The Labute approximate surface area is 125 Å². The second-order valence-electron chi connectivity index (χ2n) is 5.56. The Morgan fingerprint density at radius 3 is 2.75 bits per heavy atom. The zero-order chi connectivity index (χ0) is 14.2. The predicted octanol–water partition coefficient (Wildman–Crippen LogP) is 3.34. The fourth-order valence-electron chi connectivity index (χ4n) is 3.05. The first-order valence-corrected chi connectivity index (χ1v) is 8.61. The molecule has 0 aliphatic heterocycles. The highest BCUT2D eigenvalue weighted by atomic mass is 32.1. The summed E-state index contributed by atoms with van der Waals surface area (Å²) in [5.74, 6) is 0.257. The molecular weight excluding hydrogens is 270 g/mol. The van der Waals surface area contributed by atoms with Gasteiger partial charge in [0.2, 0.25) is 0 Å². The molecule has 1 aromatic heterocycles. The van der Waals surface area contributed by atoms with E-state index in [4.69, 9.17) is 0 Å². The van der Waals surface area contributed by atoms with E-state index < -0.39 is 0 Å². The number of nitrogens with zero attached hydrogens (tertiary/aromatic N) is 1. The molecule has 1 aliphatic carbocycles. The van der Waals surface area contributed by atoms with Crippen LogP contribution >= 0.6 is 11.3 Å². The lowest BCUT2D eigenvalue weighted by Gasteiger charge is -2.33. The summed E-state index contributed by atoms with van der Waals surface area (Å²) in [5, 5.41) is 11.2. The molecule has 0 bridgehead atoms. The van der Waals surface area contributed by atoms with Crippen LogP contribution in [0, 0.1) is 0 Å². The molecule has 0 spiro atoms. The molecule has 0 radical (unpaired) electrons. The van der Waals surface area contributed by atoms with Crippen molar-refractivity contribution in [2.45, 2.75) is 51.0 Å². The number of thiophene rings is 1. The minimum atomic E-state index is 0.218. The van der Waals surface area contributed by atoms with Crippen molar-refractivity contribution in [3.05, 3.63) is 22.4 Å². The Morgan fingerprint density at radius 2 is 2.10 bits per heavy atom. The number of ketones is 1. The van der Waals surface area contributed by atoms with Gasteiger partial charge in [-0.15, -0.1) is 11.3 Å². The molecule has 0 unspecified atom stereocenters. The second-order valence-corrected chi connectivity index (χ2v) is 6.50. The average Bonchev–Trinajstić information content (AvgIpc) is 3.01. The smallest absolute Gasteiger partial charge is 0.172 e. The maximum atomic E-state index is 12.0. The van der Waals surface area contributed by atoms with Crippen LogP contribution in [0.1, 0.15) is 54.6 Å². The van der Waals surface area contributed by atoms with E-state index in [2.05, 4.69) is 4.90 Å². The summed E-state index contributed by atoms with van der Waals surface area (Å²) < 4.78 is 0. The average molecular weight is 295 g/mol. The zero-order valence-electron chi connectivity index (χ0n) is 12.1. The Balaban J connectivity index is 1.75. The first-order valence-electron chi connectivity index (χ1n) is 7.73. The van der Waals surface area contributed by atoms with Crippen molar-refractivity contribution in [1.82, 2.24) is 4.90 Å². The third-order valence-corrected chi connectivity index (χ3v) is 5.03. The minimum Gasteiger partial charge on any atom is -0.395 e. The van der Waals surface area contributed by atoms with Crippen LogP contribution in [-0.2, 0) is 0 Å². The topological polar surface area (TPSA) is 40.5 Å². The minimum absolute atomic E-state index is 0.218. The molecule has 0 saturated heterocycles. The second kappa shape index (κ2) is 8.55. The van der Waals surface area contributed by atoms with Crippen molar-refractivity contribution in [2.75, 3.05) is 19.7 Å². The van der Waals surface area contributed by atoms with Gasteiger partial charge < -0.3 is 5.11 Å². The van der Waals surface area contributed by atoms with Crippen molar-refractivity contribution in [1.29, 1.82) is 0 Å². The van der Waals surface area contributed by atoms with Crippen LogP contribution in [0.25, 0.3) is 0 Å². The number of hydrogen-bond donors (Lipinski definition) is 1. The van der Waals surface area contributed by atoms with Gasteiger partial charge in [-0.05, 0) is 37.3 Å². The summed E-state index contributed by atoms with van der Waals surface area (Å²) in [6, 6.07) is 4.45. The quantitative estimate of drug-likeness (QED) is 0.748. The first-order chi connectivity index (χ1) is 9.81. The van der Waals surface area contributed by atoms with Gasteiger partial charge in [-0.2, -0.15) is 0 Å². The fraction of sp³-hybridized carbons (Fsp3) is 0.688. The number of rotatable bonds is 8. The number of Topliss-reactive ketones (excluding diaryl/α,β-unsaturated/α-hetero) is 1. The predicted molar refractivity (Wildman–Crippen MR) is 83.4 cm³/mol. The summed E-state index contributed by atoms with van der Waals surface area (Å²) in [7, 11) is 0. The van der Waals surface area contributed by atoms with E-state index in [1.807, 2.05) is 17.5 Å². The lowest BCUT2D eigenvalue weighted by atomic mass is 9.94. The van der Waals surface area contributed by atoms with Gasteiger partial charge in [-0.25, -0.2) is 0 Å². The molecule has 112 valence electrons. The number of aliphatic hydroxyl groups excluding tert-OH is 1. The standard InChI is InChI=1S/C16H25NO2S/c18-12-11-17(14-6-2-1-3-7-14)10-4-8-15(19)16-9-5-13-20-16/h5,9,13-14,18H,1-4,6-8,10-12H2. The molecule has 1 saturated carbocycles. The summed E-state index contributed by atoms with van der Waals surface area (Å²) in [4.78, 5) is 15.2. The molecule has 4 heteroatoms. The van der Waals surface area contributed by atoms with Crippen LogP contribution in [0.2, 0.25) is 0 Å². The molecule has 1 fully saturated rings. The van der Waals surface area contributed by atoms with Gasteiger partial charge in [-0.3, -0.25) is 9.69 Å². The Kier molecular flexibility index (Phi) is 6.70. The summed E-state index contributed by atoms with van der Waals surface area (Å²) in [6.45, 7) is 1.90. The van der Waals surface area contributed by atoms with Gasteiger partial charge in [0.15, 0.2) is 5.78 Å². The highest BCUT2D eigenvalue weighted by Gasteiger charge is 2.20. The van der Waals surface area contributed by atoms with Gasteiger partial charge in [0, 0.05) is 19.0 Å². The van der Waals surface area contributed by atoms with Crippen molar-refractivity contribution >= 4 is 17.1 Å². The van der Waals surface area contributed by atoms with Gasteiger partial charge in [0.25, 0.3) is 0 Å². The number of hydrogen-bond acceptors (Lipinski definition) is 4. The van der Waals surface area contributed by atoms with E-state index in [9.17, 15) is 9.90 Å². The van der Waals surface area contributed by atoms with E-state index in [-0.39, 0.29) is 12.4 Å². The third-order valence-electron chi connectivity index (χ3n) is 4.12. The fourth-order valence-corrected chi connectivity index (χ4v) is 3.75. The molecule has 3 nitrogen and oxygen atoms in total. The van der Waals surface area contributed by atoms with E-state index in [0.29, 0.717) is 12.5 Å². The van der Waals surface area contributed by atoms with Gasteiger partial charge in [-0.1, -0.05) is 25.3 Å². The van der Waals surface area contributed by atoms with Crippen molar-refractivity contribution < 1.29 is 9.90 Å². The van der Waals surface area contributed by atoms with E-state index in [1.165, 1.54) is 43.4 Å². The molecule has 0 atom stereocenters.